The first-order chi connectivity index (χ1) is 11.4. The molecule has 3 atom stereocenters. The van der Waals surface area contributed by atoms with Crippen LogP contribution < -0.4 is 5.32 Å². The predicted octanol–water partition coefficient (Wildman–Crippen LogP) is -0.133. The van der Waals surface area contributed by atoms with E-state index in [2.05, 4.69) is 5.32 Å². The number of ether oxygens (including phenoxy) is 3. The zero-order valence-electron chi connectivity index (χ0n) is 13.8. The Morgan fingerprint density at radius 2 is 1.88 bits per heavy atom. The molecule has 1 rings (SSSR count). The Morgan fingerprint density at radius 1 is 1.21 bits per heavy atom. The van der Waals surface area contributed by atoms with E-state index in [0.717, 1.165) is 0 Å². The fraction of sp³-hybridized carbons (Fsp3) is 0.733. The largest absolute Gasteiger partial charge is 0.480 e. The van der Waals surface area contributed by atoms with Crippen LogP contribution in [-0.2, 0) is 33.4 Å². The number of carboxylic acids is 1. The summed E-state index contributed by atoms with van der Waals surface area (Å²) in [5.74, 6) is -5.08. The monoisotopic (exact) mass is 345 g/mol. The summed E-state index contributed by atoms with van der Waals surface area (Å²) in [6.45, 7) is 3.67. The summed E-state index contributed by atoms with van der Waals surface area (Å²) in [5.41, 5.74) is 0. The molecule has 1 amide bonds. The molecule has 136 valence electrons. The topological polar surface area (TPSA) is 128 Å². The molecule has 0 radical (unpaired) electrons. The normalized spacial score (nSPS) is 19.2. The Balaban J connectivity index is 2.89. The molecule has 0 aliphatic carbocycles. The van der Waals surface area contributed by atoms with Crippen LogP contribution in [0.1, 0.15) is 33.1 Å². The highest BCUT2D eigenvalue weighted by Crippen LogP contribution is 2.17. The molecule has 1 saturated heterocycles. The van der Waals surface area contributed by atoms with Crippen LogP contribution in [0.25, 0.3) is 0 Å². The van der Waals surface area contributed by atoms with Crippen LogP contribution in [0.15, 0.2) is 0 Å². The standard InChI is InChI=1S/C15H23NO8/c1-3-22-11(17)8-9(15(21)23-4-2)12(14(19)20)16-13(18)10-6-5-7-24-10/h9-10,12H,3-8H2,1-2H3,(H,16,18)(H,19,20)/t9-,10+,12-/m1/s1. The summed E-state index contributed by atoms with van der Waals surface area (Å²) in [7, 11) is 0. The van der Waals surface area contributed by atoms with Gasteiger partial charge in [-0.05, 0) is 26.7 Å². The maximum Gasteiger partial charge on any atom is 0.327 e. The lowest BCUT2D eigenvalue weighted by atomic mass is 9.95. The van der Waals surface area contributed by atoms with Gasteiger partial charge in [0.05, 0.1) is 25.6 Å². The number of esters is 2. The number of hydrogen-bond donors (Lipinski definition) is 2. The first-order valence-electron chi connectivity index (χ1n) is 7.87. The summed E-state index contributed by atoms with van der Waals surface area (Å²) in [5, 5.41) is 11.7. The highest BCUT2D eigenvalue weighted by atomic mass is 16.5. The van der Waals surface area contributed by atoms with Crippen molar-refractivity contribution in [1.82, 2.24) is 5.32 Å². The molecule has 9 heteroatoms. The summed E-state index contributed by atoms with van der Waals surface area (Å²) in [6.07, 6.45) is -0.0903. The van der Waals surface area contributed by atoms with Gasteiger partial charge in [-0.3, -0.25) is 14.4 Å². The third-order valence-electron chi connectivity index (χ3n) is 3.47. The van der Waals surface area contributed by atoms with E-state index in [0.29, 0.717) is 19.4 Å². The second kappa shape index (κ2) is 9.86. The number of carbonyl (C=O) groups excluding carboxylic acids is 3. The molecule has 0 bridgehead atoms. The fourth-order valence-corrected chi connectivity index (χ4v) is 2.35. The Morgan fingerprint density at radius 3 is 2.38 bits per heavy atom. The maximum absolute atomic E-state index is 12.1. The van der Waals surface area contributed by atoms with Crippen LogP contribution in [0.3, 0.4) is 0 Å². The maximum atomic E-state index is 12.1. The van der Waals surface area contributed by atoms with Crippen LogP contribution in [0, 0.1) is 5.92 Å². The molecule has 9 nitrogen and oxygen atoms in total. The molecule has 2 N–H and O–H groups in total. The number of hydrogen-bond acceptors (Lipinski definition) is 7. The number of nitrogens with one attached hydrogen (secondary N) is 1. The van der Waals surface area contributed by atoms with E-state index in [1.807, 2.05) is 0 Å². The molecule has 0 spiro atoms. The molecule has 24 heavy (non-hydrogen) atoms. The van der Waals surface area contributed by atoms with Crippen molar-refractivity contribution in [1.29, 1.82) is 0 Å². The zero-order valence-corrected chi connectivity index (χ0v) is 13.8. The first-order valence-corrected chi connectivity index (χ1v) is 7.87. The molecule has 1 fully saturated rings. The fourth-order valence-electron chi connectivity index (χ4n) is 2.35. The predicted molar refractivity (Wildman–Crippen MR) is 79.9 cm³/mol. The van der Waals surface area contributed by atoms with Crippen LogP contribution in [-0.4, -0.2) is 60.9 Å². The van der Waals surface area contributed by atoms with Crippen molar-refractivity contribution in [3.05, 3.63) is 0 Å². The Bertz CT molecular complexity index is 472. The van der Waals surface area contributed by atoms with Crippen molar-refractivity contribution in [2.75, 3.05) is 19.8 Å². The lowest BCUT2D eigenvalue weighted by Crippen LogP contribution is -2.52. The molecule has 1 aliphatic rings. The van der Waals surface area contributed by atoms with E-state index >= 15 is 0 Å². The minimum atomic E-state index is -1.61. The molecule has 0 saturated carbocycles. The van der Waals surface area contributed by atoms with E-state index in [4.69, 9.17) is 14.2 Å². The average Bonchev–Trinajstić information content (AvgIpc) is 3.05. The van der Waals surface area contributed by atoms with E-state index in [-0.39, 0.29) is 13.2 Å². The molecular formula is C15H23NO8. The average molecular weight is 345 g/mol. The van der Waals surface area contributed by atoms with Crippen LogP contribution >= 0.6 is 0 Å². The van der Waals surface area contributed by atoms with Gasteiger partial charge >= 0.3 is 17.9 Å². The first kappa shape index (κ1) is 19.9. The van der Waals surface area contributed by atoms with E-state index in [1.165, 1.54) is 0 Å². The molecule has 0 aromatic heterocycles. The number of carbonyl (C=O) groups is 4. The zero-order chi connectivity index (χ0) is 18.1. The van der Waals surface area contributed by atoms with Gasteiger partial charge in [0.15, 0.2) is 0 Å². The van der Waals surface area contributed by atoms with Gasteiger partial charge in [0.2, 0.25) is 5.91 Å². The molecule has 0 aromatic carbocycles. The lowest BCUT2D eigenvalue weighted by molar-refractivity contribution is -0.160. The van der Waals surface area contributed by atoms with Crippen molar-refractivity contribution >= 4 is 23.8 Å². The highest BCUT2D eigenvalue weighted by molar-refractivity contribution is 5.91. The Kier molecular flexibility index (Phi) is 8.17. The van der Waals surface area contributed by atoms with Crippen LogP contribution in [0.2, 0.25) is 0 Å². The number of amides is 1. The van der Waals surface area contributed by atoms with Crippen molar-refractivity contribution in [3.63, 3.8) is 0 Å². The SMILES string of the molecule is CCOC(=O)C[C@@H](C(=O)OCC)[C@@H](NC(=O)[C@@H]1CCCO1)C(=O)O. The Labute approximate surface area is 139 Å². The number of carboxylic acid groups (broad SMARTS) is 1. The van der Waals surface area contributed by atoms with Crippen LogP contribution in [0.5, 0.6) is 0 Å². The van der Waals surface area contributed by atoms with Crippen molar-refractivity contribution in [3.8, 4) is 0 Å². The van der Waals surface area contributed by atoms with E-state index in [1.54, 1.807) is 13.8 Å². The second-order valence-corrected chi connectivity index (χ2v) is 5.19. The molecule has 1 heterocycles. The summed E-state index contributed by atoms with van der Waals surface area (Å²) < 4.78 is 14.8. The van der Waals surface area contributed by atoms with Crippen molar-refractivity contribution in [2.24, 2.45) is 5.92 Å². The second-order valence-electron chi connectivity index (χ2n) is 5.19. The quantitative estimate of drug-likeness (QED) is 0.553. The number of rotatable bonds is 9. The van der Waals surface area contributed by atoms with Gasteiger partial charge in [0.1, 0.15) is 12.1 Å². The van der Waals surface area contributed by atoms with Gasteiger partial charge in [-0.1, -0.05) is 0 Å². The lowest BCUT2D eigenvalue weighted by Gasteiger charge is -2.23. The highest BCUT2D eigenvalue weighted by Gasteiger charge is 2.39. The van der Waals surface area contributed by atoms with Gasteiger partial charge < -0.3 is 24.6 Å². The molecule has 0 aromatic rings. The van der Waals surface area contributed by atoms with Gasteiger partial charge in [0, 0.05) is 6.61 Å². The third kappa shape index (κ3) is 5.80. The third-order valence-corrected chi connectivity index (χ3v) is 3.47. The minimum absolute atomic E-state index is 0.0180. The van der Waals surface area contributed by atoms with E-state index in [9.17, 15) is 24.3 Å². The van der Waals surface area contributed by atoms with E-state index < -0.39 is 48.3 Å². The van der Waals surface area contributed by atoms with Crippen molar-refractivity contribution < 1.29 is 38.5 Å². The molecule has 0 unspecified atom stereocenters. The van der Waals surface area contributed by atoms with Crippen LogP contribution in [0.4, 0.5) is 0 Å². The van der Waals surface area contributed by atoms with Gasteiger partial charge in [-0.2, -0.15) is 0 Å². The molecule has 1 aliphatic heterocycles. The van der Waals surface area contributed by atoms with Crippen molar-refractivity contribution in [2.45, 2.75) is 45.3 Å². The Hall–Kier alpha value is -2.16. The van der Waals surface area contributed by atoms with Gasteiger partial charge in [0.25, 0.3) is 0 Å². The summed E-state index contributed by atoms with van der Waals surface area (Å²) in [6, 6.07) is -1.61. The van der Waals surface area contributed by atoms with Gasteiger partial charge in [-0.15, -0.1) is 0 Å². The van der Waals surface area contributed by atoms with Gasteiger partial charge in [-0.25, -0.2) is 4.79 Å². The summed E-state index contributed by atoms with van der Waals surface area (Å²) in [4.78, 5) is 47.3. The summed E-state index contributed by atoms with van der Waals surface area (Å²) >= 11 is 0. The molecular weight excluding hydrogens is 322 g/mol. The smallest absolute Gasteiger partial charge is 0.327 e. The minimum Gasteiger partial charge on any atom is -0.480 e. The number of aliphatic carboxylic acids is 1.